The highest BCUT2D eigenvalue weighted by Crippen LogP contribution is 2.31. The van der Waals surface area contributed by atoms with Crippen molar-refractivity contribution in [1.29, 1.82) is 5.26 Å². The van der Waals surface area contributed by atoms with E-state index in [4.69, 9.17) is 5.26 Å². The molecule has 2 rings (SSSR count). The Labute approximate surface area is 90.2 Å². The third kappa shape index (κ3) is 2.13. The molecule has 1 aliphatic carbocycles. The molecule has 15 heavy (non-hydrogen) atoms. The van der Waals surface area contributed by atoms with Crippen molar-refractivity contribution in [3.05, 3.63) is 0 Å². The molecule has 0 radical (unpaired) electrons. The molecular formula is C11H17N3O. The Balaban J connectivity index is 2.12. The number of nitrogens with zero attached hydrogens (tertiary/aromatic N) is 2. The smallest absolute Gasteiger partial charge is 0.241 e. The zero-order chi connectivity index (χ0) is 11.1. The van der Waals surface area contributed by atoms with Gasteiger partial charge in [0.1, 0.15) is 6.04 Å². The molecule has 4 heteroatoms. The van der Waals surface area contributed by atoms with E-state index in [0.717, 1.165) is 19.4 Å². The molecule has 1 N–H and O–H groups in total. The summed E-state index contributed by atoms with van der Waals surface area (Å²) in [6.45, 7) is 4.93. The lowest BCUT2D eigenvalue weighted by molar-refractivity contribution is -0.139. The first-order chi connectivity index (χ1) is 7.03. The minimum absolute atomic E-state index is 0.0714. The SMILES string of the molecule is CC1(C)CN(C2CC2)C(=O)C(CC#N)N1. The first-order valence-corrected chi connectivity index (χ1v) is 5.48. The van der Waals surface area contributed by atoms with Crippen LogP contribution in [0.1, 0.15) is 33.1 Å². The zero-order valence-electron chi connectivity index (χ0n) is 9.29. The molecule has 0 spiro atoms. The molecule has 2 fully saturated rings. The zero-order valence-corrected chi connectivity index (χ0v) is 9.29. The molecule has 2 aliphatic rings. The van der Waals surface area contributed by atoms with Gasteiger partial charge in [-0.25, -0.2) is 0 Å². The van der Waals surface area contributed by atoms with Gasteiger partial charge in [-0.2, -0.15) is 5.26 Å². The minimum Gasteiger partial charge on any atom is -0.336 e. The van der Waals surface area contributed by atoms with Crippen LogP contribution >= 0.6 is 0 Å². The normalized spacial score (nSPS) is 30.1. The summed E-state index contributed by atoms with van der Waals surface area (Å²) in [5.41, 5.74) is -0.0714. The second kappa shape index (κ2) is 3.49. The molecule has 1 unspecified atom stereocenters. The lowest BCUT2D eigenvalue weighted by atomic mass is 9.96. The van der Waals surface area contributed by atoms with Crippen molar-refractivity contribution in [2.24, 2.45) is 0 Å². The lowest BCUT2D eigenvalue weighted by Crippen LogP contribution is -2.65. The number of carbonyl (C=O) groups excluding carboxylic acids is 1. The molecule has 82 valence electrons. The Bertz CT molecular complexity index is 314. The van der Waals surface area contributed by atoms with E-state index in [1.807, 2.05) is 4.90 Å². The van der Waals surface area contributed by atoms with E-state index in [2.05, 4.69) is 25.2 Å². The summed E-state index contributed by atoms with van der Waals surface area (Å²) < 4.78 is 0. The van der Waals surface area contributed by atoms with E-state index >= 15 is 0 Å². The van der Waals surface area contributed by atoms with Crippen LogP contribution in [0, 0.1) is 11.3 Å². The van der Waals surface area contributed by atoms with Gasteiger partial charge in [0.15, 0.2) is 0 Å². The molecule has 0 bridgehead atoms. The van der Waals surface area contributed by atoms with Crippen molar-refractivity contribution in [2.75, 3.05) is 6.54 Å². The van der Waals surface area contributed by atoms with Gasteiger partial charge < -0.3 is 4.90 Å². The molecule has 0 aromatic rings. The maximum absolute atomic E-state index is 12.0. The second-order valence-corrected chi connectivity index (χ2v) is 5.14. The summed E-state index contributed by atoms with van der Waals surface area (Å²) >= 11 is 0. The standard InChI is InChI=1S/C11H17N3O/c1-11(2)7-14(8-3-4-8)10(15)9(13-11)5-6-12/h8-9,13H,3-5,7H2,1-2H3. The summed E-state index contributed by atoms with van der Waals surface area (Å²) in [7, 11) is 0. The summed E-state index contributed by atoms with van der Waals surface area (Å²) in [6.07, 6.45) is 2.52. The number of nitrogens with one attached hydrogen (secondary N) is 1. The van der Waals surface area contributed by atoms with E-state index in [0.29, 0.717) is 6.04 Å². The number of piperazine rings is 1. The highest BCUT2D eigenvalue weighted by molar-refractivity contribution is 5.84. The largest absolute Gasteiger partial charge is 0.336 e. The van der Waals surface area contributed by atoms with E-state index in [9.17, 15) is 4.79 Å². The molecule has 1 heterocycles. The van der Waals surface area contributed by atoms with Gasteiger partial charge in [0, 0.05) is 18.1 Å². The Morgan fingerprint density at radius 3 is 2.80 bits per heavy atom. The fourth-order valence-electron chi connectivity index (χ4n) is 2.21. The summed E-state index contributed by atoms with van der Waals surface area (Å²) in [4.78, 5) is 14.0. The summed E-state index contributed by atoms with van der Waals surface area (Å²) in [5, 5.41) is 11.9. The van der Waals surface area contributed by atoms with Crippen molar-refractivity contribution in [3.63, 3.8) is 0 Å². The number of hydrogen-bond acceptors (Lipinski definition) is 3. The summed E-state index contributed by atoms with van der Waals surface area (Å²) in [5.74, 6) is 0.110. The highest BCUT2D eigenvalue weighted by atomic mass is 16.2. The van der Waals surface area contributed by atoms with Gasteiger partial charge in [-0.1, -0.05) is 0 Å². The van der Waals surface area contributed by atoms with E-state index in [1.165, 1.54) is 0 Å². The maximum Gasteiger partial charge on any atom is 0.241 e. The fourth-order valence-corrected chi connectivity index (χ4v) is 2.21. The topological polar surface area (TPSA) is 56.1 Å². The van der Waals surface area contributed by atoms with Crippen LogP contribution in [0.3, 0.4) is 0 Å². The first-order valence-electron chi connectivity index (χ1n) is 5.48. The van der Waals surface area contributed by atoms with E-state index < -0.39 is 0 Å². The van der Waals surface area contributed by atoms with Crippen LogP contribution in [0.2, 0.25) is 0 Å². The third-order valence-electron chi connectivity index (χ3n) is 2.99. The fraction of sp³-hybridized carbons (Fsp3) is 0.818. The van der Waals surface area contributed by atoms with Crippen LogP contribution < -0.4 is 5.32 Å². The predicted octanol–water partition coefficient (Wildman–Crippen LogP) is 0.641. The van der Waals surface area contributed by atoms with Gasteiger partial charge >= 0.3 is 0 Å². The van der Waals surface area contributed by atoms with Gasteiger partial charge in [0.05, 0.1) is 12.5 Å². The molecule has 4 nitrogen and oxygen atoms in total. The van der Waals surface area contributed by atoms with Crippen LogP contribution in [-0.2, 0) is 4.79 Å². The van der Waals surface area contributed by atoms with Crippen LogP contribution in [0.25, 0.3) is 0 Å². The Morgan fingerprint density at radius 1 is 1.60 bits per heavy atom. The van der Waals surface area contributed by atoms with Crippen molar-refractivity contribution in [3.8, 4) is 6.07 Å². The van der Waals surface area contributed by atoms with Gasteiger partial charge in [-0.15, -0.1) is 0 Å². The lowest BCUT2D eigenvalue weighted by Gasteiger charge is -2.42. The van der Waals surface area contributed by atoms with Crippen molar-refractivity contribution in [2.45, 2.75) is 50.7 Å². The molecule has 0 aromatic carbocycles. The third-order valence-corrected chi connectivity index (χ3v) is 2.99. The molecule has 1 atom stereocenters. The Hall–Kier alpha value is -1.08. The van der Waals surface area contributed by atoms with Gasteiger partial charge in [0.2, 0.25) is 5.91 Å². The average molecular weight is 207 g/mol. The number of rotatable bonds is 2. The average Bonchev–Trinajstić information content (AvgIpc) is 2.94. The molecule has 1 aliphatic heterocycles. The molecular weight excluding hydrogens is 190 g/mol. The monoisotopic (exact) mass is 207 g/mol. The van der Waals surface area contributed by atoms with Gasteiger partial charge in [0.25, 0.3) is 0 Å². The predicted molar refractivity (Wildman–Crippen MR) is 56.0 cm³/mol. The summed E-state index contributed by atoms with van der Waals surface area (Å²) in [6, 6.07) is 2.21. The molecule has 1 saturated heterocycles. The molecule has 1 saturated carbocycles. The maximum atomic E-state index is 12.0. The van der Waals surface area contributed by atoms with Crippen LogP contribution in [0.5, 0.6) is 0 Å². The van der Waals surface area contributed by atoms with Crippen LogP contribution in [0.4, 0.5) is 0 Å². The highest BCUT2D eigenvalue weighted by Gasteiger charge is 2.43. The minimum atomic E-state index is -0.306. The van der Waals surface area contributed by atoms with Crippen molar-refractivity contribution in [1.82, 2.24) is 10.2 Å². The number of nitriles is 1. The molecule has 0 aromatic heterocycles. The van der Waals surface area contributed by atoms with Gasteiger partial charge in [-0.05, 0) is 26.7 Å². The number of carbonyl (C=O) groups is 1. The van der Waals surface area contributed by atoms with Crippen molar-refractivity contribution >= 4 is 5.91 Å². The number of amides is 1. The van der Waals surface area contributed by atoms with Crippen LogP contribution in [0.15, 0.2) is 0 Å². The van der Waals surface area contributed by atoms with Crippen LogP contribution in [-0.4, -0.2) is 35.0 Å². The molecule has 1 amide bonds. The quantitative estimate of drug-likeness (QED) is 0.723. The van der Waals surface area contributed by atoms with E-state index in [-0.39, 0.29) is 23.9 Å². The number of hydrogen-bond donors (Lipinski definition) is 1. The first kappa shape index (κ1) is 10.4. The van der Waals surface area contributed by atoms with E-state index in [1.54, 1.807) is 0 Å². The van der Waals surface area contributed by atoms with Crippen molar-refractivity contribution < 1.29 is 4.79 Å². The van der Waals surface area contributed by atoms with Gasteiger partial charge in [-0.3, -0.25) is 10.1 Å². The Kier molecular flexibility index (Phi) is 2.43. The Morgan fingerprint density at radius 2 is 2.27 bits per heavy atom. The second-order valence-electron chi connectivity index (χ2n) is 5.14.